The van der Waals surface area contributed by atoms with Gasteiger partial charge in [-0.3, -0.25) is 14.4 Å². The molecular formula is C14H16N2O4. The lowest BCUT2D eigenvalue weighted by Crippen LogP contribution is -2.31. The molecular weight excluding hydrogens is 260 g/mol. The molecule has 0 heterocycles. The second-order valence-corrected chi connectivity index (χ2v) is 5.12. The molecule has 1 aliphatic carbocycles. The number of hydrogen-bond acceptors (Lipinski definition) is 3. The third-order valence-electron chi connectivity index (χ3n) is 3.37. The van der Waals surface area contributed by atoms with E-state index in [1.807, 2.05) is 0 Å². The van der Waals surface area contributed by atoms with Crippen LogP contribution in [0.5, 0.6) is 0 Å². The van der Waals surface area contributed by atoms with Gasteiger partial charge in [-0.1, -0.05) is 6.07 Å². The van der Waals surface area contributed by atoms with Crippen LogP contribution in [0.1, 0.15) is 23.2 Å². The predicted molar refractivity (Wildman–Crippen MR) is 72.4 cm³/mol. The zero-order chi connectivity index (χ0) is 14.9. The molecule has 1 aromatic rings. The minimum absolute atomic E-state index is 0.180. The van der Waals surface area contributed by atoms with Crippen LogP contribution in [0.4, 0.5) is 5.69 Å². The lowest BCUT2D eigenvalue weighted by molar-refractivity contribution is -0.147. The monoisotopic (exact) mass is 276 g/mol. The van der Waals surface area contributed by atoms with Crippen molar-refractivity contribution in [3.8, 4) is 0 Å². The highest BCUT2D eigenvalue weighted by Crippen LogP contribution is 2.46. The Hall–Kier alpha value is -2.37. The quantitative estimate of drug-likeness (QED) is 0.809. The van der Waals surface area contributed by atoms with E-state index >= 15 is 0 Å². The first-order valence-corrected chi connectivity index (χ1v) is 6.23. The number of nitrogens with one attached hydrogen (secondary N) is 1. The molecule has 1 fully saturated rings. The van der Waals surface area contributed by atoms with Gasteiger partial charge in [0, 0.05) is 25.3 Å². The van der Waals surface area contributed by atoms with Gasteiger partial charge >= 0.3 is 5.97 Å². The molecule has 0 aromatic heterocycles. The number of rotatable bonds is 4. The zero-order valence-electron chi connectivity index (χ0n) is 11.3. The summed E-state index contributed by atoms with van der Waals surface area (Å²) in [7, 11) is 3.27. The van der Waals surface area contributed by atoms with Gasteiger partial charge in [0.1, 0.15) is 5.41 Å². The van der Waals surface area contributed by atoms with Gasteiger partial charge in [-0.25, -0.2) is 0 Å². The van der Waals surface area contributed by atoms with Gasteiger partial charge in [-0.15, -0.1) is 0 Å². The standard InChI is InChI=1S/C14H16N2O4/c1-16(2)11(17)9-4-3-5-10(8-9)15-12(18)14(6-7-14)13(19)20/h3-5,8H,6-7H2,1-2H3,(H,15,18)(H,19,20). The van der Waals surface area contributed by atoms with Gasteiger partial charge in [-0.2, -0.15) is 0 Å². The third-order valence-corrected chi connectivity index (χ3v) is 3.37. The van der Waals surface area contributed by atoms with E-state index in [0.717, 1.165) is 0 Å². The van der Waals surface area contributed by atoms with Crippen LogP contribution in [-0.4, -0.2) is 41.9 Å². The second kappa shape index (κ2) is 4.96. The summed E-state index contributed by atoms with van der Waals surface area (Å²) in [5.41, 5.74) is -0.426. The second-order valence-electron chi connectivity index (χ2n) is 5.12. The zero-order valence-corrected chi connectivity index (χ0v) is 11.3. The van der Waals surface area contributed by atoms with Gasteiger partial charge in [0.25, 0.3) is 5.91 Å². The van der Waals surface area contributed by atoms with Crippen molar-refractivity contribution in [1.29, 1.82) is 0 Å². The molecule has 6 nitrogen and oxygen atoms in total. The highest BCUT2D eigenvalue weighted by Gasteiger charge is 2.57. The average Bonchev–Trinajstić information content (AvgIpc) is 3.19. The molecule has 1 aromatic carbocycles. The molecule has 0 spiro atoms. The molecule has 20 heavy (non-hydrogen) atoms. The maximum Gasteiger partial charge on any atom is 0.319 e. The van der Waals surface area contributed by atoms with Gasteiger partial charge in [0.2, 0.25) is 5.91 Å². The van der Waals surface area contributed by atoms with Crippen LogP contribution < -0.4 is 5.32 Å². The lowest BCUT2D eigenvalue weighted by Gasteiger charge is -2.13. The Balaban J connectivity index is 2.15. The highest BCUT2D eigenvalue weighted by atomic mass is 16.4. The van der Waals surface area contributed by atoms with E-state index in [-0.39, 0.29) is 5.91 Å². The summed E-state index contributed by atoms with van der Waals surface area (Å²) < 4.78 is 0. The van der Waals surface area contributed by atoms with E-state index in [1.165, 1.54) is 11.0 Å². The van der Waals surface area contributed by atoms with Crippen molar-refractivity contribution in [1.82, 2.24) is 4.90 Å². The van der Waals surface area contributed by atoms with Crippen molar-refractivity contribution in [2.75, 3.05) is 19.4 Å². The summed E-state index contributed by atoms with van der Waals surface area (Å²) in [6.07, 6.45) is 0.703. The minimum Gasteiger partial charge on any atom is -0.480 e. The summed E-state index contributed by atoms with van der Waals surface area (Å²) in [6, 6.07) is 6.45. The van der Waals surface area contributed by atoms with Crippen LogP contribution in [0.2, 0.25) is 0 Å². The van der Waals surface area contributed by atoms with Crippen LogP contribution >= 0.6 is 0 Å². The Labute approximate surface area is 116 Å². The van der Waals surface area contributed by atoms with Crippen molar-refractivity contribution in [3.63, 3.8) is 0 Å². The van der Waals surface area contributed by atoms with Crippen LogP contribution in [0.25, 0.3) is 0 Å². The third kappa shape index (κ3) is 2.49. The normalized spacial score (nSPS) is 15.3. The smallest absolute Gasteiger partial charge is 0.319 e. The maximum absolute atomic E-state index is 12.0. The van der Waals surface area contributed by atoms with Crippen LogP contribution in [0.3, 0.4) is 0 Å². The Kier molecular flexibility index (Phi) is 3.48. The fourth-order valence-electron chi connectivity index (χ4n) is 1.90. The van der Waals surface area contributed by atoms with Crippen molar-refractivity contribution >= 4 is 23.5 Å². The molecule has 0 radical (unpaired) electrons. The minimum atomic E-state index is -1.29. The average molecular weight is 276 g/mol. The Morgan fingerprint density at radius 3 is 2.40 bits per heavy atom. The van der Waals surface area contributed by atoms with E-state index < -0.39 is 17.3 Å². The molecule has 2 N–H and O–H groups in total. The number of nitrogens with zero attached hydrogens (tertiary/aromatic N) is 1. The first kappa shape index (κ1) is 14.0. The molecule has 0 bridgehead atoms. The Morgan fingerprint density at radius 2 is 1.90 bits per heavy atom. The number of anilines is 1. The van der Waals surface area contributed by atoms with Crippen LogP contribution in [0.15, 0.2) is 24.3 Å². The Bertz CT molecular complexity index is 576. The van der Waals surface area contributed by atoms with Gasteiger partial charge < -0.3 is 15.3 Å². The van der Waals surface area contributed by atoms with E-state index in [4.69, 9.17) is 5.11 Å². The number of aliphatic carboxylic acids is 1. The summed E-state index contributed by atoms with van der Waals surface area (Å²) in [5, 5.41) is 11.6. The summed E-state index contributed by atoms with van der Waals surface area (Å²) >= 11 is 0. The van der Waals surface area contributed by atoms with E-state index in [0.29, 0.717) is 24.1 Å². The summed E-state index contributed by atoms with van der Waals surface area (Å²) in [5.74, 6) is -1.81. The highest BCUT2D eigenvalue weighted by molar-refractivity contribution is 6.11. The van der Waals surface area contributed by atoms with Crippen LogP contribution in [0, 0.1) is 5.41 Å². The topological polar surface area (TPSA) is 86.7 Å². The first-order chi connectivity index (χ1) is 9.36. The number of carboxylic acid groups (broad SMARTS) is 1. The molecule has 2 amide bonds. The van der Waals surface area contributed by atoms with E-state index in [2.05, 4.69) is 5.32 Å². The number of carbonyl (C=O) groups is 3. The van der Waals surface area contributed by atoms with Crippen molar-refractivity contribution < 1.29 is 19.5 Å². The molecule has 0 unspecified atom stereocenters. The Morgan fingerprint density at radius 1 is 1.25 bits per heavy atom. The fourth-order valence-corrected chi connectivity index (χ4v) is 1.90. The fraction of sp³-hybridized carbons (Fsp3) is 0.357. The van der Waals surface area contributed by atoms with Gasteiger partial charge in [-0.05, 0) is 31.0 Å². The van der Waals surface area contributed by atoms with Gasteiger partial charge in [0.15, 0.2) is 0 Å². The SMILES string of the molecule is CN(C)C(=O)c1cccc(NC(=O)C2(C(=O)O)CC2)c1. The number of benzene rings is 1. The van der Waals surface area contributed by atoms with Crippen molar-refractivity contribution in [2.24, 2.45) is 5.41 Å². The van der Waals surface area contributed by atoms with Crippen molar-refractivity contribution in [2.45, 2.75) is 12.8 Å². The summed E-state index contributed by atoms with van der Waals surface area (Å²) in [6.45, 7) is 0. The van der Waals surface area contributed by atoms with Crippen molar-refractivity contribution in [3.05, 3.63) is 29.8 Å². The van der Waals surface area contributed by atoms with E-state index in [9.17, 15) is 14.4 Å². The molecule has 1 saturated carbocycles. The number of carbonyl (C=O) groups excluding carboxylic acids is 2. The number of hydrogen-bond donors (Lipinski definition) is 2. The molecule has 106 valence electrons. The molecule has 0 saturated heterocycles. The van der Waals surface area contributed by atoms with E-state index in [1.54, 1.807) is 32.3 Å². The number of amides is 2. The maximum atomic E-state index is 12.0. The molecule has 2 rings (SSSR count). The molecule has 6 heteroatoms. The van der Waals surface area contributed by atoms with Crippen LogP contribution in [-0.2, 0) is 9.59 Å². The molecule has 1 aliphatic rings. The first-order valence-electron chi connectivity index (χ1n) is 6.23. The number of carboxylic acids is 1. The van der Waals surface area contributed by atoms with Gasteiger partial charge in [0.05, 0.1) is 0 Å². The molecule has 0 aliphatic heterocycles. The summed E-state index contributed by atoms with van der Waals surface area (Å²) in [4.78, 5) is 36.3. The lowest BCUT2D eigenvalue weighted by atomic mass is 10.1. The molecule has 0 atom stereocenters. The predicted octanol–water partition coefficient (Wildman–Crippen LogP) is 1.19. The largest absolute Gasteiger partial charge is 0.480 e.